The summed E-state index contributed by atoms with van der Waals surface area (Å²) >= 11 is 0. The molecule has 0 spiro atoms. The van der Waals surface area contributed by atoms with E-state index in [1.54, 1.807) is 12.4 Å². The molecular weight excluding hydrogens is 252 g/mol. The number of carbonyl (C=O) groups excluding carboxylic acids is 1. The van der Waals surface area contributed by atoms with E-state index in [2.05, 4.69) is 10.3 Å². The van der Waals surface area contributed by atoms with Crippen molar-refractivity contribution in [1.29, 1.82) is 0 Å². The second-order valence-electron chi connectivity index (χ2n) is 4.35. The highest BCUT2D eigenvalue weighted by atomic mass is 16.5. The minimum absolute atomic E-state index is 0.126. The van der Waals surface area contributed by atoms with E-state index in [0.29, 0.717) is 6.61 Å². The summed E-state index contributed by atoms with van der Waals surface area (Å²) in [5.74, 6) is -0.210. The van der Waals surface area contributed by atoms with E-state index in [9.17, 15) is 4.79 Å². The molecule has 2 rings (SSSR count). The highest BCUT2D eigenvalue weighted by Gasteiger charge is 2.16. The van der Waals surface area contributed by atoms with Crippen molar-refractivity contribution in [2.45, 2.75) is 19.4 Å². The lowest BCUT2D eigenvalue weighted by Gasteiger charge is -2.19. The molecule has 1 aromatic carbocycles. The van der Waals surface area contributed by atoms with Crippen LogP contribution in [0.3, 0.4) is 0 Å². The molecule has 0 fully saturated rings. The van der Waals surface area contributed by atoms with Crippen molar-refractivity contribution >= 4 is 11.7 Å². The van der Waals surface area contributed by atoms with Crippen molar-refractivity contribution < 1.29 is 9.53 Å². The lowest BCUT2D eigenvalue weighted by atomic mass is 10.0. The molecule has 0 aliphatic rings. The Labute approximate surface area is 118 Å². The number of rotatable bonds is 6. The van der Waals surface area contributed by atoms with E-state index in [1.807, 2.05) is 49.4 Å². The maximum atomic E-state index is 11.7. The van der Waals surface area contributed by atoms with Crippen LogP contribution < -0.4 is 5.32 Å². The van der Waals surface area contributed by atoms with E-state index in [-0.39, 0.29) is 18.4 Å². The molecule has 1 N–H and O–H groups in total. The Bertz CT molecular complexity index is 529. The predicted molar refractivity (Wildman–Crippen MR) is 78.3 cm³/mol. The first-order chi connectivity index (χ1) is 9.79. The standard InChI is InChI=1S/C16H18N2O2/c1-2-20-16(19)12-15(13-8-10-17-11-9-13)18-14-6-4-3-5-7-14/h3-11,15,18H,2,12H2,1H3. The number of nitrogens with one attached hydrogen (secondary N) is 1. The molecular formula is C16H18N2O2. The van der Waals surface area contributed by atoms with Crippen LogP contribution in [0.1, 0.15) is 24.9 Å². The molecule has 1 unspecified atom stereocenters. The number of hydrogen-bond acceptors (Lipinski definition) is 4. The molecule has 0 radical (unpaired) electrons. The van der Waals surface area contributed by atoms with Gasteiger partial charge in [0.15, 0.2) is 0 Å². The van der Waals surface area contributed by atoms with Gasteiger partial charge in [-0.1, -0.05) is 18.2 Å². The number of benzene rings is 1. The Kier molecular flexibility index (Phi) is 5.12. The Morgan fingerprint density at radius 3 is 2.55 bits per heavy atom. The molecule has 0 aliphatic heterocycles. The average Bonchev–Trinajstić information content (AvgIpc) is 2.49. The number of hydrogen-bond donors (Lipinski definition) is 1. The van der Waals surface area contributed by atoms with Crippen LogP contribution in [-0.4, -0.2) is 17.6 Å². The van der Waals surface area contributed by atoms with Crippen LogP contribution >= 0.6 is 0 Å². The van der Waals surface area contributed by atoms with Crippen molar-refractivity contribution in [2.24, 2.45) is 0 Å². The second-order valence-corrected chi connectivity index (χ2v) is 4.35. The van der Waals surface area contributed by atoms with Crippen LogP contribution in [-0.2, 0) is 9.53 Å². The Balaban J connectivity index is 2.14. The highest BCUT2D eigenvalue weighted by Crippen LogP contribution is 2.22. The fourth-order valence-corrected chi connectivity index (χ4v) is 1.97. The number of para-hydroxylation sites is 1. The minimum atomic E-state index is -0.210. The summed E-state index contributed by atoms with van der Waals surface area (Å²) in [7, 11) is 0. The quantitative estimate of drug-likeness (QED) is 0.819. The fourth-order valence-electron chi connectivity index (χ4n) is 1.97. The van der Waals surface area contributed by atoms with E-state index in [0.717, 1.165) is 11.3 Å². The van der Waals surface area contributed by atoms with Gasteiger partial charge in [-0.25, -0.2) is 0 Å². The van der Waals surface area contributed by atoms with E-state index in [4.69, 9.17) is 4.74 Å². The molecule has 0 bridgehead atoms. The molecule has 0 amide bonds. The monoisotopic (exact) mass is 270 g/mol. The average molecular weight is 270 g/mol. The number of anilines is 1. The Morgan fingerprint density at radius 1 is 1.20 bits per heavy atom. The van der Waals surface area contributed by atoms with Gasteiger partial charge in [0.25, 0.3) is 0 Å². The molecule has 0 saturated carbocycles. The fraction of sp³-hybridized carbons (Fsp3) is 0.250. The molecule has 2 aromatic rings. The Morgan fingerprint density at radius 2 is 1.90 bits per heavy atom. The van der Waals surface area contributed by atoms with Gasteiger partial charge in [-0.2, -0.15) is 0 Å². The predicted octanol–water partition coefficient (Wildman–Crippen LogP) is 3.19. The number of carbonyl (C=O) groups is 1. The van der Waals surface area contributed by atoms with Crippen molar-refractivity contribution in [3.05, 3.63) is 60.4 Å². The van der Waals surface area contributed by atoms with Crippen molar-refractivity contribution in [1.82, 2.24) is 4.98 Å². The first-order valence-corrected chi connectivity index (χ1v) is 6.66. The lowest BCUT2D eigenvalue weighted by molar-refractivity contribution is -0.143. The highest BCUT2D eigenvalue weighted by molar-refractivity contribution is 5.71. The summed E-state index contributed by atoms with van der Waals surface area (Å²) in [6, 6.07) is 13.5. The minimum Gasteiger partial charge on any atom is -0.466 e. The molecule has 1 aromatic heterocycles. The largest absolute Gasteiger partial charge is 0.466 e. The molecule has 0 aliphatic carbocycles. The molecule has 104 valence electrons. The van der Waals surface area contributed by atoms with E-state index in [1.165, 1.54) is 0 Å². The van der Waals surface area contributed by atoms with Gasteiger partial charge in [-0.05, 0) is 36.8 Å². The van der Waals surface area contributed by atoms with E-state index < -0.39 is 0 Å². The summed E-state index contributed by atoms with van der Waals surface area (Å²) in [6.45, 7) is 2.21. The SMILES string of the molecule is CCOC(=O)CC(Nc1ccccc1)c1ccncc1. The number of aromatic nitrogens is 1. The van der Waals surface area contributed by atoms with Crippen molar-refractivity contribution in [2.75, 3.05) is 11.9 Å². The molecule has 4 heteroatoms. The number of nitrogens with zero attached hydrogens (tertiary/aromatic N) is 1. The second kappa shape index (κ2) is 7.28. The summed E-state index contributed by atoms with van der Waals surface area (Å²) < 4.78 is 5.04. The molecule has 4 nitrogen and oxygen atoms in total. The summed E-state index contributed by atoms with van der Waals surface area (Å²) in [4.78, 5) is 15.7. The number of esters is 1. The van der Waals surface area contributed by atoms with Crippen LogP contribution in [0.2, 0.25) is 0 Å². The van der Waals surface area contributed by atoms with Gasteiger partial charge in [0.2, 0.25) is 0 Å². The maximum Gasteiger partial charge on any atom is 0.308 e. The Hall–Kier alpha value is -2.36. The smallest absolute Gasteiger partial charge is 0.308 e. The zero-order valence-corrected chi connectivity index (χ0v) is 11.5. The number of ether oxygens (including phenoxy) is 1. The van der Waals surface area contributed by atoms with Crippen LogP contribution in [0.4, 0.5) is 5.69 Å². The van der Waals surface area contributed by atoms with Gasteiger partial charge in [0, 0.05) is 18.1 Å². The first kappa shape index (κ1) is 14.1. The third-order valence-electron chi connectivity index (χ3n) is 2.90. The normalized spacial score (nSPS) is 11.7. The third-order valence-corrected chi connectivity index (χ3v) is 2.90. The molecule has 0 saturated heterocycles. The molecule has 1 atom stereocenters. The summed E-state index contributed by atoms with van der Waals surface area (Å²) in [6.07, 6.45) is 3.73. The topological polar surface area (TPSA) is 51.2 Å². The zero-order valence-electron chi connectivity index (χ0n) is 11.5. The van der Waals surface area contributed by atoms with Gasteiger partial charge in [-0.15, -0.1) is 0 Å². The van der Waals surface area contributed by atoms with Gasteiger partial charge >= 0.3 is 5.97 Å². The van der Waals surface area contributed by atoms with Crippen LogP contribution in [0.5, 0.6) is 0 Å². The first-order valence-electron chi connectivity index (χ1n) is 6.66. The van der Waals surface area contributed by atoms with Gasteiger partial charge in [0.1, 0.15) is 0 Å². The van der Waals surface area contributed by atoms with Crippen molar-refractivity contribution in [3.8, 4) is 0 Å². The number of pyridine rings is 1. The summed E-state index contributed by atoms with van der Waals surface area (Å²) in [5, 5.41) is 3.36. The van der Waals surface area contributed by atoms with Gasteiger partial charge < -0.3 is 10.1 Å². The third kappa shape index (κ3) is 4.09. The van der Waals surface area contributed by atoms with Crippen LogP contribution in [0.25, 0.3) is 0 Å². The van der Waals surface area contributed by atoms with E-state index >= 15 is 0 Å². The molecule has 20 heavy (non-hydrogen) atoms. The molecule has 1 heterocycles. The van der Waals surface area contributed by atoms with Crippen LogP contribution in [0.15, 0.2) is 54.9 Å². The van der Waals surface area contributed by atoms with Gasteiger partial charge in [0.05, 0.1) is 19.1 Å². The van der Waals surface area contributed by atoms with Crippen LogP contribution in [0, 0.1) is 0 Å². The maximum absolute atomic E-state index is 11.7. The summed E-state index contributed by atoms with van der Waals surface area (Å²) in [5.41, 5.74) is 1.98. The lowest BCUT2D eigenvalue weighted by Crippen LogP contribution is -2.17. The van der Waals surface area contributed by atoms with Crippen molar-refractivity contribution in [3.63, 3.8) is 0 Å². The van der Waals surface area contributed by atoms with Gasteiger partial charge in [-0.3, -0.25) is 9.78 Å². The zero-order chi connectivity index (χ0) is 14.2.